The van der Waals surface area contributed by atoms with Crippen LogP contribution in [0.3, 0.4) is 0 Å². The van der Waals surface area contributed by atoms with Crippen LogP contribution >= 0.6 is 0 Å². The van der Waals surface area contributed by atoms with Crippen LogP contribution in [0.4, 0.5) is 5.69 Å². The minimum absolute atomic E-state index is 0.186. The molecule has 0 bridgehead atoms. The lowest BCUT2D eigenvalue weighted by atomic mass is 10.1. The van der Waals surface area contributed by atoms with Crippen LogP contribution in [-0.2, 0) is 6.54 Å². The van der Waals surface area contributed by atoms with Gasteiger partial charge in [0.15, 0.2) is 0 Å². The summed E-state index contributed by atoms with van der Waals surface area (Å²) in [5.41, 5.74) is 5.23. The van der Waals surface area contributed by atoms with Gasteiger partial charge in [0.2, 0.25) is 0 Å². The molecule has 0 aliphatic carbocycles. The van der Waals surface area contributed by atoms with Crippen molar-refractivity contribution in [3.63, 3.8) is 0 Å². The van der Waals surface area contributed by atoms with Crippen LogP contribution in [-0.4, -0.2) is 33.9 Å². The van der Waals surface area contributed by atoms with Crippen molar-refractivity contribution in [1.29, 1.82) is 0 Å². The molecule has 0 saturated heterocycles. The summed E-state index contributed by atoms with van der Waals surface area (Å²) >= 11 is 0. The molecule has 0 fully saturated rings. The third-order valence-electron chi connectivity index (χ3n) is 5.02. The Kier molecular flexibility index (Phi) is 5.26. The summed E-state index contributed by atoms with van der Waals surface area (Å²) in [6, 6.07) is 20.4. The molecule has 7 nitrogen and oxygen atoms in total. The van der Waals surface area contributed by atoms with Crippen molar-refractivity contribution in [3.8, 4) is 0 Å². The van der Waals surface area contributed by atoms with E-state index in [1.165, 1.54) is 0 Å². The van der Waals surface area contributed by atoms with Gasteiger partial charge in [-0.05, 0) is 54.4 Å². The van der Waals surface area contributed by atoms with Crippen LogP contribution in [0.1, 0.15) is 31.8 Å². The molecule has 0 aliphatic heterocycles. The van der Waals surface area contributed by atoms with E-state index in [1.54, 1.807) is 37.4 Å². The number of carbonyl (C=O) groups is 2. The summed E-state index contributed by atoms with van der Waals surface area (Å²) < 4.78 is 1.83. The number of carbonyl (C=O) groups excluding carboxylic acids is 2. The van der Waals surface area contributed by atoms with Crippen molar-refractivity contribution in [2.24, 2.45) is 0 Å². The molecule has 0 unspecified atom stereocenters. The molecule has 1 aromatic heterocycles. The summed E-state index contributed by atoms with van der Waals surface area (Å²) in [5.74, 6) is -0.418. The highest BCUT2D eigenvalue weighted by Gasteiger charge is 2.13. The molecule has 0 aliphatic rings. The number of nitrogens with one attached hydrogen (secondary N) is 2. The monoisotopic (exact) mass is 399 g/mol. The number of rotatable bonds is 5. The molecule has 30 heavy (non-hydrogen) atoms. The number of hydrogen-bond acceptors (Lipinski definition) is 4. The van der Waals surface area contributed by atoms with Gasteiger partial charge in [-0.25, -0.2) is 4.68 Å². The molecule has 150 valence electrons. The summed E-state index contributed by atoms with van der Waals surface area (Å²) in [6.07, 6.45) is 0. The van der Waals surface area contributed by atoms with E-state index in [0.717, 1.165) is 22.2 Å². The summed E-state index contributed by atoms with van der Waals surface area (Å²) in [4.78, 5) is 24.6. The van der Waals surface area contributed by atoms with Crippen LogP contribution in [0.25, 0.3) is 11.0 Å². The molecule has 2 N–H and O–H groups in total. The molecule has 0 radical (unpaired) electrons. The topological polar surface area (TPSA) is 88.9 Å². The number of hydrogen-bond donors (Lipinski definition) is 2. The summed E-state index contributed by atoms with van der Waals surface area (Å²) in [5, 5.41) is 13.9. The SMILES string of the molecule is CNC(=O)c1cccc(NC(=O)c2ccc(Cn3nnc4ccccc43)cc2)c1C. The summed E-state index contributed by atoms with van der Waals surface area (Å²) in [6.45, 7) is 2.38. The Bertz CT molecular complexity index is 1230. The highest BCUT2D eigenvalue weighted by Crippen LogP contribution is 2.20. The zero-order valence-electron chi connectivity index (χ0n) is 16.7. The Hall–Kier alpha value is -4.00. The van der Waals surface area contributed by atoms with Crippen LogP contribution in [0, 0.1) is 6.92 Å². The van der Waals surface area contributed by atoms with Crippen LogP contribution in [0.15, 0.2) is 66.7 Å². The fraction of sp³-hybridized carbons (Fsp3) is 0.130. The van der Waals surface area contributed by atoms with E-state index in [2.05, 4.69) is 20.9 Å². The second-order valence-electron chi connectivity index (χ2n) is 6.94. The first-order chi connectivity index (χ1) is 14.6. The fourth-order valence-electron chi connectivity index (χ4n) is 3.31. The van der Waals surface area contributed by atoms with Gasteiger partial charge in [-0.3, -0.25) is 9.59 Å². The highest BCUT2D eigenvalue weighted by molar-refractivity contribution is 6.06. The minimum atomic E-state index is -0.232. The Morgan fingerprint density at radius 3 is 2.47 bits per heavy atom. The van der Waals surface area contributed by atoms with E-state index in [4.69, 9.17) is 0 Å². The summed E-state index contributed by atoms with van der Waals surface area (Å²) in [7, 11) is 1.58. The lowest BCUT2D eigenvalue weighted by Gasteiger charge is -2.12. The number of anilines is 1. The van der Waals surface area contributed by atoms with Gasteiger partial charge >= 0.3 is 0 Å². The molecule has 0 saturated carbocycles. The molecule has 2 amide bonds. The van der Waals surface area contributed by atoms with Gasteiger partial charge < -0.3 is 10.6 Å². The average Bonchev–Trinajstić information content (AvgIpc) is 3.18. The largest absolute Gasteiger partial charge is 0.355 e. The molecule has 4 rings (SSSR count). The molecular formula is C23H21N5O2. The first-order valence-corrected chi connectivity index (χ1v) is 9.57. The molecule has 7 heteroatoms. The van der Waals surface area contributed by atoms with E-state index in [1.807, 2.05) is 48.0 Å². The Balaban J connectivity index is 1.49. The zero-order chi connectivity index (χ0) is 21.1. The predicted molar refractivity (Wildman–Crippen MR) is 116 cm³/mol. The number of benzene rings is 3. The Morgan fingerprint density at radius 1 is 0.933 bits per heavy atom. The quantitative estimate of drug-likeness (QED) is 0.538. The Morgan fingerprint density at radius 2 is 1.70 bits per heavy atom. The number of nitrogens with zero attached hydrogens (tertiary/aromatic N) is 3. The standard InChI is InChI=1S/C23H21N5O2/c1-15-18(23(30)24-2)6-5-8-19(15)25-22(29)17-12-10-16(11-13-17)14-28-21-9-4-3-7-20(21)26-27-28/h3-13H,14H2,1-2H3,(H,24,30)(H,25,29). The van der Waals surface area contributed by atoms with Crippen molar-refractivity contribution in [3.05, 3.63) is 89.0 Å². The van der Waals surface area contributed by atoms with E-state index in [0.29, 0.717) is 23.4 Å². The van der Waals surface area contributed by atoms with E-state index < -0.39 is 0 Å². The van der Waals surface area contributed by atoms with Crippen molar-refractivity contribution in [2.75, 3.05) is 12.4 Å². The van der Waals surface area contributed by atoms with Gasteiger partial charge in [-0.2, -0.15) is 0 Å². The van der Waals surface area contributed by atoms with Gasteiger partial charge in [0.25, 0.3) is 11.8 Å². The van der Waals surface area contributed by atoms with Crippen molar-refractivity contribution >= 4 is 28.5 Å². The lowest BCUT2D eigenvalue weighted by Crippen LogP contribution is -2.20. The molecule has 4 aromatic rings. The second-order valence-corrected chi connectivity index (χ2v) is 6.94. The number of fused-ring (bicyclic) bond motifs is 1. The maximum Gasteiger partial charge on any atom is 0.255 e. The van der Waals surface area contributed by atoms with E-state index >= 15 is 0 Å². The fourth-order valence-corrected chi connectivity index (χ4v) is 3.31. The second kappa shape index (κ2) is 8.16. The van der Waals surface area contributed by atoms with Gasteiger partial charge in [0.05, 0.1) is 12.1 Å². The smallest absolute Gasteiger partial charge is 0.255 e. The number of para-hydroxylation sites is 1. The normalized spacial score (nSPS) is 10.7. The first kappa shape index (κ1) is 19.3. The van der Waals surface area contributed by atoms with Gasteiger partial charge in [0, 0.05) is 23.9 Å². The molecule has 1 heterocycles. The lowest BCUT2D eigenvalue weighted by molar-refractivity contribution is 0.0960. The van der Waals surface area contributed by atoms with Crippen LogP contribution < -0.4 is 10.6 Å². The number of aromatic nitrogens is 3. The zero-order valence-corrected chi connectivity index (χ0v) is 16.7. The van der Waals surface area contributed by atoms with Gasteiger partial charge in [-0.15, -0.1) is 5.10 Å². The third-order valence-corrected chi connectivity index (χ3v) is 5.02. The minimum Gasteiger partial charge on any atom is -0.355 e. The Labute approximate surface area is 173 Å². The first-order valence-electron chi connectivity index (χ1n) is 9.57. The average molecular weight is 399 g/mol. The number of amides is 2. The molecule has 0 atom stereocenters. The molecule has 0 spiro atoms. The molecule has 3 aromatic carbocycles. The van der Waals surface area contributed by atoms with E-state index in [9.17, 15) is 9.59 Å². The van der Waals surface area contributed by atoms with Crippen LogP contribution in [0.2, 0.25) is 0 Å². The maximum atomic E-state index is 12.7. The van der Waals surface area contributed by atoms with Crippen LogP contribution in [0.5, 0.6) is 0 Å². The maximum absolute atomic E-state index is 12.7. The van der Waals surface area contributed by atoms with Gasteiger partial charge in [0.1, 0.15) is 5.52 Å². The third kappa shape index (κ3) is 3.77. The molecular weight excluding hydrogens is 378 g/mol. The van der Waals surface area contributed by atoms with Crippen molar-refractivity contribution in [2.45, 2.75) is 13.5 Å². The predicted octanol–water partition coefficient (Wildman–Crippen LogP) is 3.40. The van der Waals surface area contributed by atoms with E-state index in [-0.39, 0.29) is 11.8 Å². The van der Waals surface area contributed by atoms with Crippen molar-refractivity contribution < 1.29 is 9.59 Å². The highest BCUT2D eigenvalue weighted by atomic mass is 16.2. The van der Waals surface area contributed by atoms with Gasteiger partial charge in [-0.1, -0.05) is 35.5 Å². The van der Waals surface area contributed by atoms with Crippen molar-refractivity contribution in [1.82, 2.24) is 20.3 Å².